The number of hydrogen-bond acceptors (Lipinski definition) is 1. The second-order valence-electron chi connectivity index (χ2n) is 12.6. The van der Waals surface area contributed by atoms with E-state index in [2.05, 4.69) is 59.8 Å². The third kappa shape index (κ3) is 4.00. The van der Waals surface area contributed by atoms with Crippen molar-refractivity contribution in [3.8, 4) is 0 Å². The first kappa shape index (κ1) is 23.6. The van der Waals surface area contributed by atoms with Crippen LogP contribution >= 0.6 is 0 Å². The van der Waals surface area contributed by atoms with Gasteiger partial charge in [0.15, 0.2) is 0 Å². The minimum absolute atomic E-state index is 0.453. The van der Waals surface area contributed by atoms with Crippen LogP contribution in [0.25, 0.3) is 0 Å². The number of fused-ring (bicyclic) bond motifs is 5. The van der Waals surface area contributed by atoms with Crippen molar-refractivity contribution >= 4 is 0 Å². The summed E-state index contributed by atoms with van der Waals surface area (Å²) in [6.45, 7) is 14.9. The molecular weight excluding hydrogens is 376 g/mol. The molecule has 4 aliphatic carbocycles. The average molecular weight is 427 g/mol. The molecule has 4 unspecified atom stereocenters. The number of ether oxygens (including phenoxy) is 1. The van der Waals surface area contributed by atoms with E-state index >= 15 is 0 Å². The van der Waals surface area contributed by atoms with Gasteiger partial charge in [-0.15, -0.1) is 0 Å². The van der Waals surface area contributed by atoms with Gasteiger partial charge >= 0.3 is 0 Å². The predicted octanol–water partition coefficient (Wildman–Crippen LogP) is 8.45. The first-order chi connectivity index (χ1) is 14.7. The second kappa shape index (κ2) is 9.00. The van der Waals surface area contributed by atoms with Crippen LogP contribution in [0, 0.1) is 52.3 Å². The van der Waals surface area contributed by atoms with Crippen LogP contribution in [-0.2, 0) is 4.74 Å². The molecule has 176 valence electrons. The Labute approximate surface area is 193 Å². The van der Waals surface area contributed by atoms with Crippen LogP contribution in [0.1, 0.15) is 99.3 Å². The molecule has 3 fully saturated rings. The van der Waals surface area contributed by atoms with Crippen LogP contribution in [0.4, 0.5) is 0 Å². The molecule has 0 saturated heterocycles. The summed E-state index contributed by atoms with van der Waals surface area (Å²) in [5, 5.41) is 0. The van der Waals surface area contributed by atoms with Gasteiger partial charge in [-0.2, -0.15) is 0 Å². The van der Waals surface area contributed by atoms with Crippen LogP contribution in [0.15, 0.2) is 23.8 Å². The highest BCUT2D eigenvalue weighted by molar-refractivity contribution is 5.25. The van der Waals surface area contributed by atoms with E-state index in [0.29, 0.717) is 16.9 Å². The van der Waals surface area contributed by atoms with E-state index in [1.165, 1.54) is 57.8 Å². The first-order valence-electron chi connectivity index (χ1n) is 13.6. The molecule has 0 bridgehead atoms. The number of hydrogen-bond donors (Lipinski definition) is 0. The average Bonchev–Trinajstić information content (AvgIpc) is 3.10. The first-order valence-corrected chi connectivity index (χ1v) is 13.6. The Balaban J connectivity index is 1.51. The molecule has 0 amide bonds. The number of rotatable bonds is 6. The quantitative estimate of drug-likeness (QED) is 0.387. The molecule has 1 nitrogen and oxygen atoms in total. The fourth-order valence-corrected chi connectivity index (χ4v) is 9.01. The lowest BCUT2D eigenvalue weighted by Gasteiger charge is -2.58. The zero-order valence-electron chi connectivity index (χ0n) is 21.6. The minimum Gasteiger partial charge on any atom is -0.381 e. The topological polar surface area (TPSA) is 9.23 Å². The van der Waals surface area contributed by atoms with E-state index in [-0.39, 0.29) is 0 Å². The lowest BCUT2D eigenvalue weighted by atomic mass is 9.47. The molecule has 0 aromatic heterocycles. The van der Waals surface area contributed by atoms with Gasteiger partial charge < -0.3 is 4.74 Å². The molecule has 0 N–H and O–H groups in total. The van der Waals surface area contributed by atoms with Crippen LogP contribution < -0.4 is 0 Å². The van der Waals surface area contributed by atoms with Crippen LogP contribution in [0.5, 0.6) is 0 Å². The Hall–Kier alpha value is -0.560. The molecule has 4 rings (SSSR count). The molecule has 0 heterocycles. The number of allylic oxidation sites excluding steroid dienone is 3. The van der Waals surface area contributed by atoms with Gasteiger partial charge in [-0.3, -0.25) is 0 Å². The fourth-order valence-electron chi connectivity index (χ4n) is 9.01. The van der Waals surface area contributed by atoms with E-state index < -0.39 is 0 Å². The maximum Gasteiger partial charge on any atom is 0.0608 e. The Morgan fingerprint density at radius 2 is 1.81 bits per heavy atom. The smallest absolute Gasteiger partial charge is 0.0608 e. The highest BCUT2D eigenvalue weighted by atomic mass is 16.5. The van der Waals surface area contributed by atoms with E-state index in [1.54, 1.807) is 5.57 Å². The molecule has 9 atom stereocenters. The summed E-state index contributed by atoms with van der Waals surface area (Å²) in [5.74, 6) is 5.88. The third-order valence-corrected chi connectivity index (χ3v) is 11.1. The standard InChI is InChI=1S/C30H50O/c1-8-22(20(2)3)10-9-21(4)26-13-14-27-25-12-11-23-19-24(31-7)15-17-29(23,5)28(25)16-18-30(26,27)6/h9-11,20-22,24-28H,8,12-19H2,1-7H3/b10-9+/t21-,22-,24+,25?,26?,27?,28?,29+,30-/m1/s1. The van der Waals surface area contributed by atoms with Crippen molar-refractivity contribution in [3.05, 3.63) is 23.8 Å². The van der Waals surface area contributed by atoms with Gasteiger partial charge in [-0.25, -0.2) is 0 Å². The summed E-state index contributed by atoms with van der Waals surface area (Å²) in [6.07, 6.45) is 20.6. The van der Waals surface area contributed by atoms with E-state index in [1.807, 2.05) is 7.11 Å². The van der Waals surface area contributed by atoms with Crippen molar-refractivity contribution in [2.75, 3.05) is 7.11 Å². The molecule has 4 aliphatic rings. The lowest BCUT2D eigenvalue weighted by Crippen LogP contribution is -2.50. The largest absolute Gasteiger partial charge is 0.381 e. The zero-order valence-corrected chi connectivity index (χ0v) is 21.6. The molecule has 31 heavy (non-hydrogen) atoms. The van der Waals surface area contributed by atoms with Crippen LogP contribution in [0.2, 0.25) is 0 Å². The summed E-state index contributed by atoms with van der Waals surface area (Å²) in [5.41, 5.74) is 2.75. The third-order valence-electron chi connectivity index (χ3n) is 11.1. The Morgan fingerprint density at radius 1 is 1.03 bits per heavy atom. The minimum atomic E-state index is 0.453. The lowest BCUT2D eigenvalue weighted by molar-refractivity contribution is -0.0572. The predicted molar refractivity (Wildman–Crippen MR) is 133 cm³/mol. The Kier molecular flexibility index (Phi) is 6.85. The molecule has 3 saturated carbocycles. The highest BCUT2D eigenvalue weighted by Crippen LogP contribution is 2.67. The van der Waals surface area contributed by atoms with E-state index in [4.69, 9.17) is 4.74 Å². The molecule has 0 radical (unpaired) electrons. The van der Waals surface area contributed by atoms with Crippen LogP contribution in [-0.4, -0.2) is 13.2 Å². The summed E-state index contributed by atoms with van der Waals surface area (Å²) < 4.78 is 5.76. The maximum absolute atomic E-state index is 5.76. The van der Waals surface area contributed by atoms with Gasteiger partial charge in [0.25, 0.3) is 0 Å². The molecular formula is C30H50O. The molecule has 1 heteroatoms. The summed E-state index contributed by atoms with van der Waals surface area (Å²) in [7, 11) is 1.91. The van der Waals surface area contributed by atoms with Gasteiger partial charge in [0.2, 0.25) is 0 Å². The molecule has 0 aliphatic heterocycles. The van der Waals surface area contributed by atoms with Crippen molar-refractivity contribution < 1.29 is 4.74 Å². The van der Waals surface area contributed by atoms with Gasteiger partial charge in [0.1, 0.15) is 0 Å². The van der Waals surface area contributed by atoms with Gasteiger partial charge in [0, 0.05) is 7.11 Å². The van der Waals surface area contributed by atoms with Crippen molar-refractivity contribution in [2.24, 2.45) is 52.3 Å². The van der Waals surface area contributed by atoms with Crippen LogP contribution in [0.3, 0.4) is 0 Å². The fraction of sp³-hybridized carbons (Fsp3) is 0.867. The SMILES string of the molecule is CC[C@H](/C=C/[C@@H](C)C1CCC2C3CC=C4C[C@@H](OC)CC[C@]4(C)C3CC[C@@]21C)C(C)C. The monoisotopic (exact) mass is 426 g/mol. The summed E-state index contributed by atoms with van der Waals surface area (Å²) >= 11 is 0. The molecule has 0 aromatic carbocycles. The summed E-state index contributed by atoms with van der Waals surface area (Å²) in [6, 6.07) is 0. The van der Waals surface area contributed by atoms with E-state index in [0.717, 1.165) is 41.4 Å². The second-order valence-corrected chi connectivity index (χ2v) is 12.6. The normalized spacial score (nSPS) is 44.5. The van der Waals surface area contributed by atoms with Gasteiger partial charge in [0.05, 0.1) is 6.10 Å². The highest BCUT2D eigenvalue weighted by Gasteiger charge is 2.59. The molecule has 0 aromatic rings. The van der Waals surface area contributed by atoms with Crippen molar-refractivity contribution in [2.45, 2.75) is 105 Å². The Bertz CT molecular complexity index is 689. The van der Waals surface area contributed by atoms with Gasteiger partial charge in [-0.05, 0) is 110 Å². The van der Waals surface area contributed by atoms with Gasteiger partial charge in [-0.1, -0.05) is 65.3 Å². The summed E-state index contributed by atoms with van der Waals surface area (Å²) in [4.78, 5) is 0. The molecule has 0 spiro atoms. The van der Waals surface area contributed by atoms with E-state index in [9.17, 15) is 0 Å². The van der Waals surface area contributed by atoms with Crippen molar-refractivity contribution in [1.29, 1.82) is 0 Å². The maximum atomic E-state index is 5.76. The Morgan fingerprint density at radius 3 is 2.48 bits per heavy atom. The van der Waals surface area contributed by atoms with Crippen molar-refractivity contribution in [3.63, 3.8) is 0 Å². The number of methoxy groups -OCH3 is 1. The van der Waals surface area contributed by atoms with Crippen molar-refractivity contribution in [1.82, 2.24) is 0 Å². The zero-order chi connectivity index (χ0) is 22.4.